The van der Waals surface area contributed by atoms with E-state index in [0.717, 1.165) is 54.5 Å². The van der Waals surface area contributed by atoms with Gasteiger partial charge < -0.3 is 35.2 Å². The van der Waals surface area contributed by atoms with Gasteiger partial charge in [-0.05, 0) is 55.5 Å². The number of amides is 2. The van der Waals surface area contributed by atoms with E-state index in [1.807, 2.05) is 31.4 Å². The second-order valence-electron chi connectivity index (χ2n) is 12.4. The highest BCUT2D eigenvalue weighted by molar-refractivity contribution is 5.97. The van der Waals surface area contributed by atoms with Gasteiger partial charge in [0.1, 0.15) is 17.1 Å². The largest absolute Gasteiger partial charge is 0.506 e. The number of fused-ring (bicyclic) bond motifs is 1. The van der Waals surface area contributed by atoms with E-state index in [4.69, 9.17) is 19.4 Å². The van der Waals surface area contributed by atoms with E-state index in [-0.39, 0.29) is 30.2 Å². The van der Waals surface area contributed by atoms with Crippen LogP contribution in [0.3, 0.4) is 0 Å². The molecule has 0 unspecified atom stereocenters. The first kappa shape index (κ1) is 39.1. The van der Waals surface area contributed by atoms with Gasteiger partial charge in [-0.25, -0.2) is 4.79 Å². The third kappa shape index (κ3) is 12.2. The van der Waals surface area contributed by atoms with Crippen LogP contribution in [0.5, 0.6) is 11.5 Å². The highest BCUT2D eigenvalue weighted by Gasteiger charge is 2.38. The van der Waals surface area contributed by atoms with Crippen molar-refractivity contribution in [3.63, 3.8) is 0 Å². The topological polar surface area (TPSA) is 168 Å². The summed E-state index contributed by atoms with van der Waals surface area (Å²) in [7, 11) is 1.85. The van der Waals surface area contributed by atoms with Crippen LogP contribution in [0.15, 0.2) is 42.6 Å². The number of carbonyl (C=O) groups is 3. The summed E-state index contributed by atoms with van der Waals surface area (Å²) in [5, 5.41) is 31.6. The normalized spacial score (nSPS) is 14.7. The van der Waals surface area contributed by atoms with Crippen molar-refractivity contribution < 1.29 is 47.2 Å². The van der Waals surface area contributed by atoms with Crippen molar-refractivity contribution in [1.29, 1.82) is 0 Å². The number of aryl methyl sites for hydroxylation is 1. The molecule has 0 saturated heterocycles. The highest BCUT2D eigenvalue weighted by atomic mass is 19.4. The van der Waals surface area contributed by atoms with Crippen molar-refractivity contribution in [2.45, 2.75) is 70.0 Å². The molecule has 0 radical (unpaired) electrons. The molecule has 1 aromatic heterocycles. The van der Waals surface area contributed by atoms with E-state index in [0.29, 0.717) is 57.1 Å². The number of phenolic OH excluding ortho intramolecular Hbond substituents is 1. The second-order valence-corrected chi connectivity index (χ2v) is 12.4. The molecule has 3 aromatic rings. The van der Waals surface area contributed by atoms with Crippen molar-refractivity contribution >= 4 is 23.5 Å². The van der Waals surface area contributed by atoms with Crippen molar-refractivity contribution in [2.75, 3.05) is 44.8 Å². The summed E-state index contributed by atoms with van der Waals surface area (Å²) in [6.45, 7) is 2.92. The molecule has 2 heterocycles. The monoisotopic (exact) mass is 718 g/mol. The van der Waals surface area contributed by atoms with Crippen LogP contribution in [0.4, 0.5) is 18.9 Å². The van der Waals surface area contributed by atoms with Crippen LogP contribution in [-0.4, -0.2) is 99.6 Å². The molecule has 0 bridgehead atoms. The lowest BCUT2D eigenvalue weighted by atomic mass is 10.1. The fraction of sp³-hybridized carbons (Fsp3) is 0.514. The maximum atomic E-state index is 13.4. The molecule has 4 N–H and O–H groups in total. The molecule has 16 heteroatoms. The van der Waals surface area contributed by atoms with Crippen LogP contribution in [0, 0.1) is 0 Å². The Balaban J connectivity index is 0.000000755. The lowest BCUT2D eigenvalue weighted by Crippen LogP contribution is -2.44. The molecule has 0 spiro atoms. The van der Waals surface area contributed by atoms with Crippen LogP contribution < -0.4 is 15.4 Å². The van der Waals surface area contributed by atoms with Gasteiger partial charge >= 0.3 is 12.1 Å². The number of carbonyl (C=O) groups excluding carboxylic acids is 2. The number of hydrogen-bond donors (Lipinski definition) is 4. The molecule has 278 valence electrons. The van der Waals surface area contributed by atoms with Crippen LogP contribution in [0.25, 0.3) is 11.3 Å². The van der Waals surface area contributed by atoms with Crippen LogP contribution in [-0.2, 0) is 39.0 Å². The third-order valence-corrected chi connectivity index (χ3v) is 8.58. The molecule has 51 heavy (non-hydrogen) atoms. The third-order valence-electron chi connectivity index (χ3n) is 8.58. The number of anilines is 1. The zero-order valence-electron chi connectivity index (χ0n) is 28.6. The van der Waals surface area contributed by atoms with Gasteiger partial charge in [0.05, 0.1) is 25.8 Å². The van der Waals surface area contributed by atoms with Gasteiger partial charge in [-0.2, -0.15) is 13.2 Å². The van der Waals surface area contributed by atoms with Crippen molar-refractivity contribution in [1.82, 2.24) is 25.2 Å². The number of aromatic hydroxyl groups is 1. The minimum absolute atomic E-state index is 0.00104. The predicted molar refractivity (Wildman–Crippen MR) is 181 cm³/mol. The number of ether oxygens (including phenoxy) is 2. The molecular weight excluding hydrogens is 673 g/mol. The molecule has 2 amide bonds. The van der Waals surface area contributed by atoms with Crippen molar-refractivity contribution in [3.8, 4) is 22.8 Å². The zero-order chi connectivity index (χ0) is 36.8. The Morgan fingerprint density at radius 2 is 1.84 bits per heavy atom. The van der Waals surface area contributed by atoms with E-state index in [1.54, 1.807) is 10.7 Å². The summed E-state index contributed by atoms with van der Waals surface area (Å²) < 4.78 is 45.0. The van der Waals surface area contributed by atoms with Crippen LogP contribution >= 0.6 is 0 Å². The Labute approximate surface area is 294 Å². The van der Waals surface area contributed by atoms with Gasteiger partial charge in [0.25, 0.3) is 5.91 Å². The maximum absolute atomic E-state index is 13.4. The first-order chi connectivity index (χ1) is 24.4. The molecule has 2 aliphatic rings. The molecule has 1 aliphatic carbocycles. The number of aromatic nitrogens is 3. The SMILES string of the molecule is Cn1cc(-c2cccc(CCOCCC(=O)N(CCNCCc3ccc(O)c4c3OCC(=O)N4)C3CCCCCC3)c2)nn1.O=C(O)C(F)(F)F. The number of carboxylic acid groups (broad SMARTS) is 1. The first-order valence-corrected chi connectivity index (χ1v) is 17.0. The molecule has 13 nitrogen and oxygen atoms in total. The van der Waals surface area contributed by atoms with Crippen molar-refractivity contribution in [3.05, 3.63) is 53.7 Å². The van der Waals surface area contributed by atoms with E-state index < -0.39 is 12.1 Å². The Morgan fingerprint density at radius 3 is 2.53 bits per heavy atom. The summed E-state index contributed by atoms with van der Waals surface area (Å²) in [6, 6.07) is 11.9. The number of halogens is 3. The quantitative estimate of drug-likeness (QED) is 0.106. The van der Waals surface area contributed by atoms with E-state index in [2.05, 4.69) is 38.0 Å². The van der Waals surface area contributed by atoms with Gasteiger partial charge in [-0.1, -0.05) is 55.2 Å². The first-order valence-electron chi connectivity index (χ1n) is 17.0. The Morgan fingerprint density at radius 1 is 1.10 bits per heavy atom. The summed E-state index contributed by atoms with van der Waals surface area (Å²) in [5.74, 6) is -2.35. The second kappa shape index (κ2) is 19.1. The Kier molecular flexibility index (Phi) is 14.6. The Hall–Kier alpha value is -4.70. The number of alkyl halides is 3. The summed E-state index contributed by atoms with van der Waals surface area (Å²) in [4.78, 5) is 36.1. The summed E-state index contributed by atoms with van der Waals surface area (Å²) in [5.41, 5.74) is 4.29. The standard InChI is InChI=1S/C33H44N6O5.C2HF3O2/c1-38-22-28(36-37-38)26-8-6-7-24(21-26)14-19-43-20-15-31(42)39(27-9-4-2-3-5-10-27)18-17-34-16-13-25-11-12-29(40)32-33(25)44-23-30(41)35-32;3-2(4,5)1(6)7/h6-8,11-12,21-22,27,34,40H,2-5,9-10,13-20,23H2,1H3,(H,35,41);(H,6,7). The predicted octanol–water partition coefficient (Wildman–Crippen LogP) is 4.48. The number of aliphatic carboxylic acids is 1. The molecule has 1 fully saturated rings. The fourth-order valence-corrected chi connectivity index (χ4v) is 6.00. The molecular formula is C35H45F3N6O7. The number of nitrogens with zero attached hydrogens (tertiary/aromatic N) is 4. The van der Waals surface area contributed by atoms with Gasteiger partial charge in [0.2, 0.25) is 5.91 Å². The van der Waals surface area contributed by atoms with Crippen LogP contribution in [0.2, 0.25) is 0 Å². The minimum atomic E-state index is -5.08. The fourth-order valence-electron chi connectivity index (χ4n) is 6.00. The number of benzene rings is 2. The smallest absolute Gasteiger partial charge is 0.490 e. The number of hydrogen-bond acceptors (Lipinski definition) is 9. The van der Waals surface area contributed by atoms with E-state index >= 15 is 0 Å². The summed E-state index contributed by atoms with van der Waals surface area (Å²) >= 11 is 0. The average Bonchev–Trinajstić information content (AvgIpc) is 3.36. The molecule has 1 aliphatic heterocycles. The number of nitrogens with one attached hydrogen (secondary N) is 2. The molecule has 2 aromatic carbocycles. The number of rotatable bonds is 14. The van der Waals surface area contributed by atoms with E-state index in [9.17, 15) is 27.9 Å². The van der Waals surface area contributed by atoms with Gasteiger partial charge in [-0.3, -0.25) is 14.3 Å². The van der Waals surface area contributed by atoms with E-state index in [1.165, 1.54) is 12.8 Å². The van der Waals surface area contributed by atoms with Gasteiger partial charge in [0.15, 0.2) is 12.4 Å². The lowest BCUT2D eigenvalue weighted by Gasteiger charge is -2.31. The molecule has 5 rings (SSSR count). The van der Waals surface area contributed by atoms with Crippen molar-refractivity contribution in [2.24, 2.45) is 7.05 Å². The Bertz CT molecular complexity index is 1610. The highest BCUT2D eigenvalue weighted by Crippen LogP contribution is 2.39. The average molecular weight is 719 g/mol. The van der Waals surface area contributed by atoms with Gasteiger partial charge in [0, 0.05) is 31.7 Å². The molecule has 0 atom stereocenters. The van der Waals surface area contributed by atoms with Crippen LogP contribution in [0.1, 0.15) is 56.1 Å². The summed E-state index contributed by atoms with van der Waals surface area (Å²) in [6.07, 6.45) is 5.52. The van der Waals surface area contributed by atoms with Gasteiger partial charge in [-0.15, -0.1) is 5.10 Å². The number of carboxylic acids is 1. The molecule has 1 saturated carbocycles. The zero-order valence-corrected chi connectivity index (χ0v) is 28.6. The lowest BCUT2D eigenvalue weighted by molar-refractivity contribution is -0.192. The maximum Gasteiger partial charge on any atom is 0.490 e. The minimum Gasteiger partial charge on any atom is -0.506 e. The number of phenols is 1.